The molecule has 2 aliphatic heterocycles. The van der Waals surface area contributed by atoms with Gasteiger partial charge in [0.2, 0.25) is 0 Å². The van der Waals surface area contributed by atoms with Gasteiger partial charge < -0.3 is 29.4 Å². The van der Waals surface area contributed by atoms with Gasteiger partial charge in [-0.1, -0.05) is 54.6 Å². The van der Waals surface area contributed by atoms with E-state index >= 15 is 0 Å². The number of hydrogen-bond donors (Lipinski definition) is 3. The number of aromatic amines is 1. The van der Waals surface area contributed by atoms with Gasteiger partial charge in [0.25, 0.3) is 0 Å². The molecule has 0 radical (unpaired) electrons. The highest BCUT2D eigenvalue weighted by Crippen LogP contribution is 2.40. The number of para-hydroxylation sites is 1. The number of benzene rings is 3. The SMILES string of the molecule is O[C@@H]1[C@@H](O)[C@H](c2ccc3[nH]c4ccccc4c3c2)O[C@@H]2COC(c3ccccc3)O[C@@H]12. The first kappa shape index (κ1) is 19.0. The van der Waals surface area contributed by atoms with Crippen molar-refractivity contribution in [2.75, 3.05) is 6.61 Å². The molecule has 1 aromatic heterocycles. The summed E-state index contributed by atoms with van der Waals surface area (Å²) in [5, 5.41) is 24.0. The van der Waals surface area contributed by atoms with Crippen LogP contribution in [0.3, 0.4) is 0 Å². The van der Waals surface area contributed by atoms with E-state index in [1.54, 1.807) is 0 Å². The van der Waals surface area contributed by atoms with Gasteiger partial charge in [-0.15, -0.1) is 0 Å². The van der Waals surface area contributed by atoms with Gasteiger partial charge in [-0.3, -0.25) is 0 Å². The van der Waals surface area contributed by atoms with Crippen LogP contribution in [0.2, 0.25) is 0 Å². The van der Waals surface area contributed by atoms with Crippen molar-refractivity contribution in [3.8, 4) is 0 Å². The zero-order valence-corrected chi connectivity index (χ0v) is 16.7. The molecule has 3 aromatic carbocycles. The average molecular weight is 417 g/mol. The maximum Gasteiger partial charge on any atom is 0.184 e. The molecule has 31 heavy (non-hydrogen) atoms. The smallest absolute Gasteiger partial charge is 0.184 e. The molecule has 0 bridgehead atoms. The summed E-state index contributed by atoms with van der Waals surface area (Å²) in [4.78, 5) is 3.40. The fourth-order valence-electron chi connectivity index (χ4n) is 4.71. The third kappa shape index (κ3) is 3.15. The minimum absolute atomic E-state index is 0.278. The Labute approximate surface area is 179 Å². The standard InChI is InChI=1S/C25H23NO5/c27-21-22(28)24-20(13-29-25(31-24)14-6-2-1-3-7-14)30-23(21)15-10-11-19-17(12-15)16-8-4-5-9-18(16)26-19/h1-12,20-28H,13H2/t20-,21-,22-,23+,24-,25?/m1/s1. The molecule has 6 atom stereocenters. The van der Waals surface area contributed by atoms with Crippen molar-refractivity contribution in [1.29, 1.82) is 0 Å². The number of ether oxygens (including phenoxy) is 3. The van der Waals surface area contributed by atoms with Crippen LogP contribution < -0.4 is 0 Å². The zero-order chi connectivity index (χ0) is 20.9. The summed E-state index contributed by atoms with van der Waals surface area (Å²) < 4.78 is 18.1. The van der Waals surface area contributed by atoms with Crippen LogP contribution in [0.1, 0.15) is 23.5 Å². The lowest BCUT2D eigenvalue weighted by Gasteiger charge is -2.46. The average Bonchev–Trinajstić information content (AvgIpc) is 3.20. The van der Waals surface area contributed by atoms with Crippen molar-refractivity contribution in [1.82, 2.24) is 4.98 Å². The maximum absolute atomic E-state index is 10.9. The third-order valence-corrected chi connectivity index (χ3v) is 6.31. The van der Waals surface area contributed by atoms with E-state index in [9.17, 15) is 10.2 Å². The topological polar surface area (TPSA) is 83.9 Å². The molecule has 0 aliphatic carbocycles. The van der Waals surface area contributed by atoms with Gasteiger partial charge in [-0.25, -0.2) is 0 Å². The Morgan fingerprint density at radius 3 is 2.39 bits per heavy atom. The van der Waals surface area contributed by atoms with E-state index in [1.165, 1.54) is 0 Å². The molecule has 3 heterocycles. The Hall–Kier alpha value is -2.74. The lowest BCUT2D eigenvalue weighted by molar-refractivity contribution is -0.330. The van der Waals surface area contributed by atoms with Gasteiger partial charge in [0.05, 0.1) is 6.61 Å². The zero-order valence-electron chi connectivity index (χ0n) is 16.7. The van der Waals surface area contributed by atoms with E-state index in [-0.39, 0.29) is 6.61 Å². The van der Waals surface area contributed by atoms with Crippen LogP contribution in [0.5, 0.6) is 0 Å². The van der Waals surface area contributed by atoms with Crippen molar-refractivity contribution in [3.63, 3.8) is 0 Å². The molecule has 158 valence electrons. The Kier molecular flexibility index (Phi) is 4.56. The van der Waals surface area contributed by atoms with Gasteiger partial charge >= 0.3 is 0 Å². The van der Waals surface area contributed by atoms with Gasteiger partial charge in [0.15, 0.2) is 6.29 Å². The minimum atomic E-state index is -1.11. The molecule has 6 heteroatoms. The fraction of sp³-hybridized carbons (Fsp3) is 0.280. The highest BCUT2D eigenvalue weighted by Gasteiger charge is 2.49. The van der Waals surface area contributed by atoms with E-state index in [1.807, 2.05) is 66.7 Å². The molecule has 0 spiro atoms. The van der Waals surface area contributed by atoms with Crippen LogP contribution >= 0.6 is 0 Å². The third-order valence-electron chi connectivity index (χ3n) is 6.31. The van der Waals surface area contributed by atoms with Crippen molar-refractivity contribution >= 4 is 21.8 Å². The van der Waals surface area contributed by atoms with E-state index < -0.39 is 36.8 Å². The largest absolute Gasteiger partial charge is 0.387 e. The predicted octanol–water partition coefficient (Wildman–Crippen LogP) is 3.60. The molecule has 3 N–H and O–H groups in total. The van der Waals surface area contributed by atoms with Gasteiger partial charge in [-0.2, -0.15) is 0 Å². The quantitative estimate of drug-likeness (QED) is 0.464. The summed E-state index contributed by atoms with van der Waals surface area (Å²) >= 11 is 0. The first-order chi connectivity index (χ1) is 15.2. The van der Waals surface area contributed by atoms with Crippen molar-refractivity contribution < 1.29 is 24.4 Å². The van der Waals surface area contributed by atoms with Crippen LogP contribution in [0.15, 0.2) is 72.8 Å². The lowest BCUT2D eigenvalue weighted by atomic mass is 9.90. The van der Waals surface area contributed by atoms with Crippen molar-refractivity contribution in [2.24, 2.45) is 0 Å². The molecular weight excluding hydrogens is 394 g/mol. The minimum Gasteiger partial charge on any atom is -0.387 e. The molecule has 6 rings (SSSR count). The number of hydrogen-bond acceptors (Lipinski definition) is 5. The number of aromatic nitrogens is 1. The highest BCUT2D eigenvalue weighted by atomic mass is 16.7. The fourth-order valence-corrected chi connectivity index (χ4v) is 4.71. The van der Waals surface area contributed by atoms with E-state index in [0.29, 0.717) is 0 Å². The number of rotatable bonds is 2. The van der Waals surface area contributed by atoms with Gasteiger partial charge in [0.1, 0.15) is 30.5 Å². The summed E-state index contributed by atoms with van der Waals surface area (Å²) in [5.41, 5.74) is 3.76. The highest BCUT2D eigenvalue weighted by molar-refractivity contribution is 6.07. The van der Waals surface area contributed by atoms with Gasteiger partial charge in [-0.05, 0) is 23.8 Å². The molecule has 0 amide bonds. The first-order valence-electron chi connectivity index (χ1n) is 10.5. The molecule has 1 unspecified atom stereocenters. The summed E-state index contributed by atoms with van der Waals surface area (Å²) in [6, 6.07) is 23.6. The predicted molar refractivity (Wildman–Crippen MR) is 115 cm³/mol. The van der Waals surface area contributed by atoms with Crippen LogP contribution in [0, 0.1) is 0 Å². The second kappa shape index (κ2) is 7.44. The normalized spacial score (nSPS) is 31.0. The van der Waals surface area contributed by atoms with E-state index in [2.05, 4.69) is 11.1 Å². The molecular formula is C25H23NO5. The molecule has 4 aromatic rings. The molecule has 2 aliphatic rings. The second-order valence-electron chi connectivity index (χ2n) is 8.23. The molecule has 2 fully saturated rings. The molecule has 6 nitrogen and oxygen atoms in total. The monoisotopic (exact) mass is 417 g/mol. The summed E-state index contributed by atoms with van der Waals surface area (Å²) in [6.07, 6.45) is -4.60. The van der Waals surface area contributed by atoms with Crippen molar-refractivity contribution in [2.45, 2.75) is 36.8 Å². The van der Waals surface area contributed by atoms with E-state index in [0.717, 1.165) is 32.9 Å². The van der Waals surface area contributed by atoms with E-state index in [4.69, 9.17) is 14.2 Å². The van der Waals surface area contributed by atoms with Gasteiger partial charge in [0, 0.05) is 27.4 Å². The van der Waals surface area contributed by atoms with Crippen LogP contribution in [0.4, 0.5) is 0 Å². The number of H-pyrrole nitrogens is 1. The Morgan fingerprint density at radius 2 is 1.52 bits per heavy atom. The first-order valence-corrected chi connectivity index (χ1v) is 10.5. The van der Waals surface area contributed by atoms with Crippen LogP contribution in [-0.2, 0) is 14.2 Å². The number of aliphatic hydroxyl groups is 2. The summed E-state index contributed by atoms with van der Waals surface area (Å²) in [7, 11) is 0. The second-order valence-corrected chi connectivity index (χ2v) is 8.23. The number of fused-ring (bicyclic) bond motifs is 4. The summed E-state index contributed by atoms with van der Waals surface area (Å²) in [6.45, 7) is 0.278. The van der Waals surface area contributed by atoms with Crippen LogP contribution in [-0.4, -0.2) is 46.2 Å². The molecule has 2 saturated heterocycles. The van der Waals surface area contributed by atoms with Crippen molar-refractivity contribution in [3.05, 3.63) is 83.9 Å². The maximum atomic E-state index is 10.9. The number of aliphatic hydroxyl groups excluding tert-OH is 2. The molecule has 0 saturated carbocycles. The summed E-state index contributed by atoms with van der Waals surface area (Å²) in [5.74, 6) is 0. The lowest BCUT2D eigenvalue weighted by Crippen LogP contribution is -2.59. The number of nitrogens with one attached hydrogen (secondary N) is 1. The van der Waals surface area contributed by atoms with Crippen LogP contribution in [0.25, 0.3) is 21.8 Å². The Balaban J connectivity index is 1.29. The Bertz CT molecular complexity index is 1220. The Morgan fingerprint density at radius 1 is 0.742 bits per heavy atom.